The van der Waals surface area contributed by atoms with Crippen molar-refractivity contribution in [2.24, 2.45) is 0 Å². The zero-order valence-electron chi connectivity index (χ0n) is 12.5. The van der Waals surface area contributed by atoms with Crippen molar-refractivity contribution < 1.29 is 20.1 Å². The van der Waals surface area contributed by atoms with Gasteiger partial charge in [-0.05, 0) is 41.8 Å². The second kappa shape index (κ2) is 6.52. The molecule has 22 heavy (non-hydrogen) atoms. The highest BCUT2D eigenvalue weighted by molar-refractivity contribution is 5.70. The molecule has 4 nitrogen and oxygen atoms in total. The summed E-state index contributed by atoms with van der Waals surface area (Å²) in [5, 5.41) is 28.4. The van der Waals surface area contributed by atoms with E-state index in [-0.39, 0.29) is 17.9 Å². The van der Waals surface area contributed by atoms with Crippen LogP contribution in [0.4, 0.5) is 0 Å². The molecule has 0 aliphatic carbocycles. The third-order valence-electron chi connectivity index (χ3n) is 3.97. The van der Waals surface area contributed by atoms with Gasteiger partial charge in [0.05, 0.1) is 6.42 Å². The van der Waals surface area contributed by atoms with Gasteiger partial charge in [-0.15, -0.1) is 0 Å². The van der Waals surface area contributed by atoms with Crippen LogP contribution in [-0.4, -0.2) is 21.3 Å². The van der Waals surface area contributed by atoms with Crippen molar-refractivity contribution in [2.75, 3.05) is 0 Å². The molecule has 2 aromatic rings. The van der Waals surface area contributed by atoms with Gasteiger partial charge in [-0.25, -0.2) is 0 Å². The molecule has 0 aliphatic heterocycles. The third kappa shape index (κ3) is 3.22. The number of phenolic OH excluding ortho intramolecular Hbond substituents is 2. The number of benzene rings is 2. The van der Waals surface area contributed by atoms with E-state index >= 15 is 0 Å². The predicted molar refractivity (Wildman–Crippen MR) is 84.2 cm³/mol. The number of rotatable bonds is 6. The molecular weight excluding hydrogens is 280 g/mol. The second-order valence-corrected chi connectivity index (χ2v) is 5.50. The van der Waals surface area contributed by atoms with Crippen molar-refractivity contribution in [3.05, 3.63) is 59.7 Å². The molecule has 0 amide bonds. The first-order chi connectivity index (χ1) is 10.5. The molecule has 0 radical (unpaired) electrons. The molecule has 0 bridgehead atoms. The van der Waals surface area contributed by atoms with Crippen LogP contribution in [0.5, 0.6) is 11.5 Å². The molecule has 0 fully saturated rings. The van der Waals surface area contributed by atoms with E-state index in [1.165, 1.54) is 0 Å². The molecule has 0 spiro atoms. The molecule has 4 heteroatoms. The van der Waals surface area contributed by atoms with Crippen LogP contribution in [0.2, 0.25) is 0 Å². The van der Waals surface area contributed by atoms with E-state index in [4.69, 9.17) is 0 Å². The van der Waals surface area contributed by atoms with Gasteiger partial charge in [0.1, 0.15) is 11.5 Å². The van der Waals surface area contributed by atoms with Crippen molar-refractivity contribution in [2.45, 2.75) is 31.6 Å². The van der Waals surface area contributed by atoms with Crippen molar-refractivity contribution >= 4 is 5.97 Å². The summed E-state index contributed by atoms with van der Waals surface area (Å²) in [6.07, 6.45) is 1.43. The SMILES string of the molecule is CCCC(CC(=O)O)(c1ccc(O)cc1)c1ccc(O)cc1. The Balaban J connectivity index is 2.61. The van der Waals surface area contributed by atoms with Crippen molar-refractivity contribution in [3.8, 4) is 11.5 Å². The topological polar surface area (TPSA) is 77.8 Å². The zero-order chi connectivity index (χ0) is 16.2. The molecular formula is C18H20O4. The van der Waals surface area contributed by atoms with Gasteiger partial charge in [0.2, 0.25) is 0 Å². The van der Waals surface area contributed by atoms with E-state index in [0.29, 0.717) is 6.42 Å². The minimum atomic E-state index is -0.880. The monoisotopic (exact) mass is 300 g/mol. The van der Waals surface area contributed by atoms with E-state index in [2.05, 4.69) is 0 Å². The largest absolute Gasteiger partial charge is 0.508 e. The summed E-state index contributed by atoms with van der Waals surface area (Å²) in [5.74, 6) is -0.583. The van der Waals surface area contributed by atoms with Gasteiger partial charge < -0.3 is 15.3 Å². The highest BCUT2D eigenvalue weighted by Gasteiger charge is 2.36. The number of carbonyl (C=O) groups is 1. The number of carboxylic acid groups (broad SMARTS) is 1. The first-order valence-corrected chi connectivity index (χ1v) is 7.29. The molecule has 116 valence electrons. The Labute approximate surface area is 129 Å². The smallest absolute Gasteiger partial charge is 0.304 e. The first kappa shape index (κ1) is 15.9. The van der Waals surface area contributed by atoms with Crippen LogP contribution >= 0.6 is 0 Å². The van der Waals surface area contributed by atoms with Crippen molar-refractivity contribution in [1.82, 2.24) is 0 Å². The van der Waals surface area contributed by atoms with E-state index < -0.39 is 11.4 Å². The lowest BCUT2D eigenvalue weighted by Gasteiger charge is -2.34. The number of phenols is 2. The fourth-order valence-corrected chi connectivity index (χ4v) is 2.99. The fourth-order valence-electron chi connectivity index (χ4n) is 2.99. The van der Waals surface area contributed by atoms with Gasteiger partial charge in [-0.1, -0.05) is 37.6 Å². The van der Waals surface area contributed by atoms with Crippen molar-refractivity contribution in [1.29, 1.82) is 0 Å². The summed E-state index contributed by atoms with van der Waals surface area (Å²) in [6.45, 7) is 2.01. The molecule has 0 saturated heterocycles. The van der Waals surface area contributed by atoms with Crippen LogP contribution in [0.1, 0.15) is 37.3 Å². The summed E-state index contributed by atoms with van der Waals surface area (Å²) in [5.41, 5.74) is 1.02. The van der Waals surface area contributed by atoms with Crippen LogP contribution in [0.25, 0.3) is 0 Å². The quantitative estimate of drug-likeness (QED) is 0.761. The lowest BCUT2D eigenvalue weighted by Crippen LogP contribution is -2.30. The Bertz CT molecular complexity index is 584. The highest BCUT2D eigenvalue weighted by Crippen LogP contribution is 2.41. The number of hydrogen-bond acceptors (Lipinski definition) is 3. The Morgan fingerprint density at radius 3 is 1.64 bits per heavy atom. The number of aliphatic carboxylic acids is 1. The Morgan fingerprint density at radius 2 is 1.32 bits per heavy atom. The normalized spacial score (nSPS) is 11.3. The Kier molecular flexibility index (Phi) is 4.71. The van der Waals surface area contributed by atoms with Crippen LogP contribution in [-0.2, 0) is 10.2 Å². The molecule has 0 heterocycles. The molecule has 3 N–H and O–H groups in total. The van der Waals surface area contributed by atoms with Crippen LogP contribution in [0.15, 0.2) is 48.5 Å². The van der Waals surface area contributed by atoms with Gasteiger partial charge in [0.15, 0.2) is 0 Å². The van der Waals surface area contributed by atoms with Gasteiger partial charge in [-0.3, -0.25) is 4.79 Å². The molecule has 2 aromatic carbocycles. The standard InChI is InChI=1S/C18H20O4/c1-2-11-18(12-17(21)22,13-3-7-15(19)8-4-13)14-5-9-16(20)10-6-14/h3-10,19-20H,2,11-12H2,1H3,(H,21,22). The summed E-state index contributed by atoms with van der Waals surface area (Å²) in [4.78, 5) is 11.5. The minimum absolute atomic E-state index is 0.0452. The van der Waals surface area contributed by atoms with Crippen LogP contribution < -0.4 is 0 Å². The summed E-state index contributed by atoms with van der Waals surface area (Å²) >= 11 is 0. The fraction of sp³-hybridized carbons (Fsp3) is 0.278. The highest BCUT2D eigenvalue weighted by atomic mass is 16.4. The Hall–Kier alpha value is -2.49. The van der Waals surface area contributed by atoms with Gasteiger partial charge in [0.25, 0.3) is 0 Å². The minimum Gasteiger partial charge on any atom is -0.508 e. The molecule has 0 saturated carbocycles. The van der Waals surface area contributed by atoms with E-state index in [9.17, 15) is 20.1 Å². The Morgan fingerprint density at radius 1 is 0.909 bits per heavy atom. The van der Waals surface area contributed by atoms with Crippen LogP contribution in [0.3, 0.4) is 0 Å². The number of hydrogen-bond donors (Lipinski definition) is 3. The first-order valence-electron chi connectivity index (χ1n) is 7.29. The number of carboxylic acids is 1. The second-order valence-electron chi connectivity index (χ2n) is 5.50. The molecule has 2 rings (SSSR count). The molecule has 0 aliphatic rings. The lowest BCUT2D eigenvalue weighted by molar-refractivity contribution is -0.138. The van der Waals surface area contributed by atoms with E-state index in [0.717, 1.165) is 17.5 Å². The average Bonchev–Trinajstić information content (AvgIpc) is 2.47. The average molecular weight is 300 g/mol. The van der Waals surface area contributed by atoms with Crippen molar-refractivity contribution in [3.63, 3.8) is 0 Å². The van der Waals surface area contributed by atoms with E-state index in [1.54, 1.807) is 48.5 Å². The molecule has 0 atom stereocenters. The lowest BCUT2D eigenvalue weighted by atomic mass is 9.69. The molecule has 0 unspecified atom stereocenters. The van der Waals surface area contributed by atoms with Gasteiger partial charge in [-0.2, -0.15) is 0 Å². The number of aromatic hydroxyl groups is 2. The zero-order valence-corrected chi connectivity index (χ0v) is 12.5. The van der Waals surface area contributed by atoms with Gasteiger partial charge in [0, 0.05) is 5.41 Å². The predicted octanol–water partition coefficient (Wildman–Crippen LogP) is 3.66. The molecule has 0 aromatic heterocycles. The maximum Gasteiger partial charge on any atom is 0.304 e. The van der Waals surface area contributed by atoms with E-state index in [1.807, 2.05) is 6.92 Å². The maximum absolute atomic E-state index is 11.5. The summed E-state index contributed by atoms with van der Waals surface area (Å²) < 4.78 is 0. The summed E-state index contributed by atoms with van der Waals surface area (Å²) in [6, 6.07) is 13.3. The van der Waals surface area contributed by atoms with Crippen LogP contribution in [0, 0.1) is 0 Å². The van der Waals surface area contributed by atoms with Gasteiger partial charge >= 0.3 is 5.97 Å². The maximum atomic E-state index is 11.5. The summed E-state index contributed by atoms with van der Waals surface area (Å²) in [7, 11) is 0. The third-order valence-corrected chi connectivity index (χ3v) is 3.97.